The van der Waals surface area contributed by atoms with Crippen LogP contribution in [0.5, 0.6) is 0 Å². The van der Waals surface area contributed by atoms with Crippen LogP contribution >= 0.6 is 37.3 Å². The molecule has 0 saturated heterocycles. The number of carbonyl (C=O) groups excluding carboxylic acids is 3. The molecule has 0 bridgehead atoms. The maximum Gasteiger partial charge on any atom is 0.327 e. The number of thiocarbonyl (C=S) groups is 2. The Balaban J connectivity index is 4.33. The highest BCUT2D eigenvalue weighted by atomic mass is 32.1. The van der Waals surface area contributed by atoms with Gasteiger partial charge in [-0.1, -0.05) is 168 Å². The van der Waals surface area contributed by atoms with E-state index in [2.05, 4.69) is 58.6 Å². The second-order valence-corrected chi connectivity index (χ2v) is 16.4. The number of hydrogen-bond acceptors (Lipinski definition) is 6. The second kappa shape index (κ2) is 41.1. The van der Waals surface area contributed by atoms with Gasteiger partial charge in [-0.25, -0.2) is 4.79 Å². The molecule has 0 aromatic rings. The molecule has 0 atom stereocenters. The number of nitrogens with zero attached hydrogens (tertiary/aromatic N) is 2. The quantitative estimate of drug-likeness (QED) is 0.0186. The average molecular weight is 845 g/mol. The van der Waals surface area contributed by atoms with E-state index < -0.39 is 0 Å². The molecule has 0 saturated carbocycles. The molecule has 0 radical (unpaired) electrons. The first-order valence-electron chi connectivity index (χ1n) is 22.5. The number of thiol groups is 1. The fourth-order valence-electron chi connectivity index (χ4n) is 6.46. The first kappa shape index (κ1) is 53.9. The van der Waals surface area contributed by atoms with Crippen molar-refractivity contribution < 1.29 is 14.4 Å². The normalized spacial score (nSPS) is 10.8. The van der Waals surface area contributed by atoms with Crippen LogP contribution in [-0.2, 0) is 9.59 Å². The number of nitrogens with one attached hydrogen (secondary N) is 6. The van der Waals surface area contributed by atoms with Gasteiger partial charge in [0.15, 0.2) is 10.2 Å². The number of amides is 4. The Labute approximate surface area is 359 Å². The Morgan fingerprint density at radius 3 is 1.27 bits per heavy atom. The highest BCUT2D eigenvalue weighted by Crippen LogP contribution is 2.15. The van der Waals surface area contributed by atoms with Crippen LogP contribution in [0.1, 0.15) is 181 Å². The van der Waals surface area contributed by atoms with Crippen LogP contribution in [-0.4, -0.2) is 96.7 Å². The molecule has 0 fully saturated rings. The zero-order chi connectivity index (χ0) is 41.3. The predicted molar refractivity (Wildman–Crippen MR) is 248 cm³/mol. The van der Waals surface area contributed by atoms with Gasteiger partial charge in [-0.05, 0) is 37.3 Å². The van der Waals surface area contributed by atoms with Gasteiger partial charge in [-0.3, -0.25) is 13.9 Å². The Hall–Kier alpha value is -2.06. The van der Waals surface area contributed by atoms with Crippen molar-refractivity contribution >= 4 is 65.3 Å². The van der Waals surface area contributed by atoms with E-state index in [1.807, 2.05) is 4.90 Å². The van der Waals surface area contributed by atoms with Crippen LogP contribution in [0.2, 0.25) is 0 Å². The topological polar surface area (TPSA) is 130 Å². The van der Waals surface area contributed by atoms with Gasteiger partial charge in [0.1, 0.15) is 0 Å². The maximum absolute atomic E-state index is 13.3. The van der Waals surface area contributed by atoms with E-state index in [-0.39, 0.29) is 30.7 Å². The summed E-state index contributed by atoms with van der Waals surface area (Å²) in [7, 11) is 1.72. The Morgan fingerprint density at radius 1 is 0.464 bits per heavy atom. The number of unbranched alkanes of at least 4 members (excludes halogenated alkanes) is 22. The standard InChI is InChI=1S/C42H84N8O3S3/c1-4-6-8-10-12-14-16-18-20-22-24-26-35-49(36-27-25-23-21-19-17-15-13-11-9-7-5-2)39(52)29-28-38(51)44-30-31-45-41(55)46-32-33-48-42(53)50(56)37-34-47-40(54)43-3/h56H,4-37H2,1-3H3,(H,44,51)(H,48,53)(H2,43,47,54)(H2,45,46,55). The molecule has 0 heterocycles. The van der Waals surface area contributed by atoms with Gasteiger partial charge in [0.2, 0.25) is 11.8 Å². The molecule has 11 nitrogen and oxygen atoms in total. The van der Waals surface area contributed by atoms with Crippen LogP contribution in [0.15, 0.2) is 0 Å². The first-order valence-corrected chi connectivity index (χ1v) is 23.7. The summed E-state index contributed by atoms with van der Waals surface area (Å²) in [4.78, 5) is 40.0. The van der Waals surface area contributed by atoms with E-state index in [0.717, 1.165) is 38.8 Å². The minimum absolute atomic E-state index is 0.0949. The Kier molecular flexibility index (Phi) is 39.6. The number of carbonyl (C=O) groups is 3. The van der Waals surface area contributed by atoms with Gasteiger partial charge < -0.3 is 36.8 Å². The SMILES string of the molecule is CCCCCCCCCCCCCCN(CCCCCCCCCCCCCC)C(=O)CCC(=O)NCCNC(=S)NCCNC(=O)N(S)CCNC(=S)NC. The van der Waals surface area contributed by atoms with E-state index in [0.29, 0.717) is 49.5 Å². The zero-order valence-corrected chi connectivity index (χ0v) is 38.5. The average Bonchev–Trinajstić information content (AvgIpc) is 3.19. The van der Waals surface area contributed by atoms with Crippen molar-refractivity contribution in [3.8, 4) is 0 Å². The summed E-state index contributed by atoms with van der Waals surface area (Å²) in [5, 5.41) is 18.4. The lowest BCUT2D eigenvalue weighted by atomic mass is 10.0. The van der Waals surface area contributed by atoms with Crippen molar-refractivity contribution in [2.75, 3.05) is 59.4 Å². The highest BCUT2D eigenvalue weighted by Gasteiger charge is 2.15. The van der Waals surface area contributed by atoms with E-state index in [1.165, 1.54) is 133 Å². The molecule has 14 heteroatoms. The van der Waals surface area contributed by atoms with Crippen molar-refractivity contribution in [1.82, 2.24) is 41.1 Å². The molecule has 0 rings (SSSR count). The molecule has 328 valence electrons. The van der Waals surface area contributed by atoms with Crippen molar-refractivity contribution in [2.24, 2.45) is 0 Å². The lowest BCUT2D eigenvalue weighted by molar-refractivity contribution is -0.133. The summed E-state index contributed by atoms with van der Waals surface area (Å²) in [5.41, 5.74) is 0. The zero-order valence-electron chi connectivity index (χ0n) is 35.9. The third-order valence-electron chi connectivity index (χ3n) is 9.97. The summed E-state index contributed by atoms with van der Waals surface area (Å²) < 4.78 is 1.27. The molecule has 56 heavy (non-hydrogen) atoms. The number of rotatable bonds is 38. The molecule has 4 amide bonds. The minimum atomic E-state index is -0.316. The fourth-order valence-corrected chi connectivity index (χ4v) is 6.93. The van der Waals surface area contributed by atoms with Crippen molar-refractivity contribution in [1.29, 1.82) is 0 Å². The van der Waals surface area contributed by atoms with Gasteiger partial charge in [-0.15, -0.1) is 0 Å². The monoisotopic (exact) mass is 845 g/mol. The molecule has 6 N–H and O–H groups in total. The van der Waals surface area contributed by atoms with Crippen LogP contribution < -0.4 is 31.9 Å². The molecule has 0 aliphatic heterocycles. The third-order valence-corrected chi connectivity index (χ3v) is 11.0. The maximum atomic E-state index is 13.3. The van der Waals surface area contributed by atoms with Crippen LogP contribution in [0.4, 0.5) is 4.79 Å². The van der Waals surface area contributed by atoms with Crippen LogP contribution in [0.3, 0.4) is 0 Å². The van der Waals surface area contributed by atoms with E-state index >= 15 is 0 Å². The summed E-state index contributed by atoms with van der Waals surface area (Å²) >= 11 is 14.5. The predicted octanol–water partition coefficient (Wildman–Crippen LogP) is 8.53. The summed E-state index contributed by atoms with van der Waals surface area (Å²) in [5.74, 6) is -0.0332. The highest BCUT2D eigenvalue weighted by molar-refractivity contribution is 7.80. The van der Waals surface area contributed by atoms with E-state index in [9.17, 15) is 14.4 Å². The molecular weight excluding hydrogens is 761 g/mol. The minimum Gasteiger partial charge on any atom is -0.366 e. The van der Waals surface area contributed by atoms with Crippen molar-refractivity contribution in [2.45, 2.75) is 181 Å². The van der Waals surface area contributed by atoms with Gasteiger partial charge >= 0.3 is 6.03 Å². The van der Waals surface area contributed by atoms with Crippen molar-refractivity contribution in [3.63, 3.8) is 0 Å². The second-order valence-electron chi connectivity index (χ2n) is 15.1. The lowest BCUT2D eigenvalue weighted by Crippen LogP contribution is -2.45. The number of hydrogen-bond donors (Lipinski definition) is 7. The van der Waals surface area contributed by atoms with Gasteiger partial charge in [0.05, 0.1) is 6.54 Å². The molecule has 0 aliphatic rings. The lowest BCUT2D eigenvalue weighted by Gasteiger charge is -2.23. The van der Waals surface area contributed by atoms with Crippen LogP contribution in [0, 0.1) is 0 Å². The van der Waals surface area contributed by atoms with Gasteiger partial charge in [-0.2, -0.15) is 0 Å². The van der Waals surface area contributed by atoms with Gasteiger partial charge in [0.25, 0.3) is 0 Å². The molecule has 0 aromatic carbocycles. The molecule has 0 aromatic heterocycles. The third kappa shape index (κ3) is 36.3. The fraction of sp³-hybridized carbons (Fsp3) is 0.881. The van der Waals surface area contributed by atoms with Gasteiger partial charge in [0, 0.05) is 65.7 Å². The van der Waals surface area contributed by atoms with Crippen molar-refractivity contribution in [3.05, 3.63) is 0 Å². The van der Waals surface area contributed by atoms with E-state index in [4.69, 9.17) is 24.4 Å². The summed E-state index contributed by atoms with van der Waals surface area (Å²) in [6, 6.07) is -0.316. The first-order chi connectivity index (χ1) is 27.2. The van der Waals surface area contributed by atoms with Crippen LogP contribution in [0.25, 0.3) is 0 Å². The smallest absolute Gasteiger partial charge is 0.327 e. The summed E-state index contributed by atoms with van der Waals surface area (Å²) in [6.45, 7) is 8.63. The Morgan fingerprint density at radius 2 is 0.839 bits per heavy atom. The van der Waals surface area contributed by atoms with E-state index in [1.54, 1.807) is 7.05 Å². The largest absolute Gasteiger partial charge is 0.366 e. The number of urea groups is 1. The summed E-state index contributed by atoms with van der Waals surface area (Å²) in [6.07, 6.45) is 31.6. The molecule has 0 spiro atoms. The molecule has 0 aliphatic carbocycles. The Bertz CT molecular complexity index is 967. The molecular formula is C42H84N8O3S3. The molecule has 0 unspecified atom stereocenters.